The van der Waals surface area contributed by atoms with Crippen molar-refractivity contribution in [2.45, 2.75) is 26.3 Å². The summed E-state index contributed by atoms with van der Waals surface area (Å²) < 4.78 is 1.89. The topological polar surface area (TPSA) is 43.8 Å². The number of hydrogen-bond donors (Lipinski definition) is 1. The molecule has 2 rings (SSSR count). The first-order valence-corrected chi connectivity index (χ1v) is 6.02. The highest BCUT2D eigenvalue weighted by atomic mass is 15.3. The Morgan fingerprint density at radius 2 is 1.88 bits per heavy atom. The van der Waals surface area contributed by atoms with Crippen LogP contribution in [0.1, 0.15) is 19.5 Å². The van der Waals surface area contributed by atoms with Crippen LogP contribution in [0.15, 0.2) is 42.6 Å². The number of benzene rings is 1. The number of rotatable bonds is 4. The van der Waals surface area contributed by atoms with Crippen LogP contribution in [-0.4, -0.2) is 15.8 Å². The third-order valence-corrected chi connectivity index (χ3v) is 2.97. The van der Waals surface area contributed by atoms with Crippen LogP contribution in [-0.2, 0) is 6.42 Å². The standard InChI is InChI=1S/C14H19N3/c1-11(2)14(15)10-12-8-9-17(16-12)13-6-4-3-5-7-13/h3-9,11,14H,10,15H2,1-2H3. The van der Waals surface area contributed by atoms with Crippen LogP contribution in [0.5, 0.6) is 0 Å². The van der Waals surface area contributed by atoms with Crippen molar-refractivity contribution in [1.82, 2.24) is 9.78 Å². The number of hydrogen-bond acceptors (Lipinski definition) is 2. The monoisotopic (exact) mass is 229 g/mol. The summed E-state index contributed by atoms with van der Waals surface area (Å²) in [4.78, 5) is 0. The molecule has 0 aliphatic rings. The Kier molecular flexibility index (Phi) is 3.59. The summed E-state index contributed by atoms with van der Waals surface area (Å²) in [5.41, 5.74) is 8.18. The summed E-state index contributed by atoms with van der Waals surface area (Å²) in [6, 6.07) is 12.3. The molecule has 0 aliphatic carbocycles. The normalized spacial score (nSPS) is 12.9. The van der Waals surface area contributed by atoms with Gasteiger partial charge in [0.2, 0.25) is 0 Å². The van der Waals surface area contributed by atoms with Gasteiger partial charge in [-0.1, -0.05) is 32.0 Å². The number of para-hydroxylation sites is 1. The van der Waals surface area contributed by atoms with Crippen molar-refractivity contribution < 1.29 is 0 Å². The highest BCUT2D eigenvalue weighted by Gasteiger charge is 2.10. The lowest BCUT2D eigenvalue weighted by Gasteiger charge is -2.13. The van der Waals surface area contributed by atoms with Gasteiger partial charge >= 0.3 is 0 Å². The van der Waals surface area contributed by atoms with Gasteiger partial charge in [0.15, 0.2) is 0 Å². The molecule has 0 fully saturated rings. The van der Waals surface area contributed by atoms with Crippen molar-refractivity contribution in [3.05, 3.63) is 48.3 Å². The Morgan fingerprint density at radius 1 is 1.18 bits per heavy atom. The second kappa shape index (κ2) is 5.15. The summed E-state index contributed by atoms with van der Waals surface area (Å²) in [7, 11) is 0. The van der Waals surface area contributed by atoms with Gasteiger partial charge in [-0.15, -0.1) is 0 Å². The molecule has 1 heterocycles. The Labute approximate surface area is 102 Å². The average molecular weight is 229 g/mol. The molecule has 3 heteroatoms. The quantitative estimate of drug-likeness (QED) is 0.875. The van der Waals surface area contributed by atoms with E-state index in [2.05, 4.69) is 18.9 Å². The Bertz CT molecular complexity index is 459. The Morgan fingerprint density at radius 3 is 2.53 bits per heavy atom. The van der Waals surface area contributed by atoms with Crippen LogP contribution in [0, 0.1) is 5.92 Å². The van der Waals surface area contributed by atoms with Crippen LogP contribution in [0.4, 0.5) is 0 Å². The van der Waals surface area contributed by atoms with Crippen molar-refractivity contribution >= 4 is 0 Å². The van der Waals surface area contributed by atoms with Gasteiger partial charge in [0.25, 0.3) is 0 Å². The fourth-order valence-electron chi connectivity index (χ4n) is 1.67. The average Bonchev–Trinajstić information content (AvgIpc) is 2.78. The van der Waals surface area contributed by atoms with Gasteiger partial charge in [-0.2, -0.15) is 5.10 Å². The number of aromatic nitrogens is 2. The summed E-state index contributed by atoms with van der Waals surface area (Å²) in [6.45, 7) is 4.28. The Hall–Kier alpha value is -1.61. The largest absolute Gasteiger partial charge is 0.327 e. The van der Waals surface area contributed by atoms with E-state index in [-0.39, 0.29) is 6.04 Å². The molecule has 0 aliphatic heterocycles. The van der Waals surface area contributed by atoms with E-state index in [0.717, 1.165) is 17.8 Å². The summed E-state index contributed by atoms with van der Waals surface area (Å²) >= 11 is 0. The lowest BCUT2D eigenvalue weighted by Crippen LogP contribution is -2.28. The molecule has 0 saturated carbocycles. The molecule has 1 atom stereocenters. The van der Waals surface area contributed by atoms with Gasteiger partial charge in [-0.05, 0) is 24.1 Å². The first-order chi connectivity index (χ1) is 8.16. The molecular formula is C14H19N3. The molecule has 0 spiro atoms. The maximum absolute atomic E-state index is 6.05. The van der Waals surface area contributed by atoms with Crippen molar-refractivity contribution in [2.24, 2.45) is 11.7 Å². The van der Waals surface area contributed by atoms with Crippen LogP contribution in [0.25, 0.3) is 5.69 Å². The molecule has 2 aromatic rings. The molecule has 0 bridgehead atoms. The summed E-state index contributed by atoms with van der Waals surface area (Å²) in [5, 5.41) is 4.54. The van der Waals surface area contributed by atoms with Crippen molar-refractivity contribution in [3.8, 4) is 5.69 Å². The predicted molar refractivity (Wildman–Crippen MR) is 70.1 cm³/mol. The maximum atomic E-state index is 6.05. The van der Waals surface area contributed by atoms with Gasteiger partial charge in [0, 0.05) is 18.7 Å². The third-order valence-electron chi connectivity index (χ3n) is 2.97. The fraction of sp³-hybridized carbons (Fsp3) is 0.357. The van der Waals surface area contributed by atoms with Crippen LogP contribution >= 0.6 is 0 Å². The minimum absolute atomic E-state index is 0.175. The zero-order valence-corrected chi connectivity index (χ0v) is 10.4. The highest BCUT2D eigenvalue weighted by Crippen LogP contribution is 2.10. The van der Waals surface area contributed by atoms with E-state index < -0.39 is 0 Å². The molecule has 2 N–H and O–H groups in total. The first-order valence-electron chi connectivity index (χ1n) is 6.02. The van der Waals surface area contributed by atoms with E-state index in [1.54, 1.807) is 0 Å². The van der Waals surface area contributed by atoms with E-state index in [9.17, 15) is 0 Å². The number of nitrogens with zero attached hydrogens (tertiary/aromatic N) is 2. The second-order valence-corrected chi connectivity index (χ2v) is 4.70. The van der Waals surface area contributed by atoms with Gasteiger partial charge < -0.3 is 5.73 Å². The van der Waals surface area contributed by atoms with Crippen molar-refractivity contribution in [2.75, 3.05) is 0 Å². The minimum atomic E-state index is 0.175. The zero-order valence-electron chi connectivity index (χ0n) is 10.4. The third kappa shape index (κ3) is 2.94. The molecule has 0 radical (unpaired) electrons. The molecule has 0 saturated heterocycles. The van der Waals surface area contributed by atoms with Gasteiger partial charge in [0.1, 0.15) is 0 Å². The summed E-state index contributed by atoms with van der Waals surface area (Å²) in [6.07, 6.45) is 2.81. The van der Waals surface area contributed by atoms with Crippen LogP contribution in [0.3, 0.4) is 0 Å². The van der Waals surface area contributed by atoms with Crippen LogP contribution < -0.4 is 5.73 Å². The maximum Gasteiger partial charge on any atom is 0.0645 e. The first kappa shape index (κ1) is 11.9. The fourth-order valence-corrected chi connectivity index (χ4v) is 1.67. The van der Waals surface area contributed by atoms with E-state index >= 15 is 0 Å². The van der Waals surface area contributed by atoms with E-state index in [4.69, 9.17) is 5.73 Å². The zero-order chi connectivity index (χ0) is 12.3. The van der Waals surface area contributed by atoms with Crippen molar-refractivity contribution in [3.63, 3.8) is 0 Å². The lowest BCUT2D eigenvalue weighted by atomic mass is 10.0. The van der Waals surface area contributed by atoms with E-state index in [1.807, 2.05) is 47.3 Å². The van der Waals surface area contributed by atoms with Crippen molar-refractivity contribution in [1.29, 1.82) is 0 Å². The number of nitrogens with two attached hydrogens (primary N) is 1. The molecular weight excluding hydrogens is 210 g/mol. The second-order valence-electron chi connectivity index (χ2n) is 4.70. The molecule has 0 amide bonds. The molecule has 1 unspecified atom stereocenters. The molecule has 1 aromatic carbocycles. The minimum Gasteiger partial charge on any atom is -0.327 e. The van der Waals surface area contributed by atoms with E-state index in [0.29, 0.717) is 5.92 Å². The smallest absolute Gasteiger partial charge is 0.0645 e. The molecule has 17 heavy (non-hydrogen) atoms. The molecule has 3 nitrogen and oxygen atoms in total. The summed E-state index contributed by atoms with van der Waals surface area (Å²) in [5.74, 6) is 0.483. The predicted octanol–water partition coefficient (Wildman–Crippen LogP) is 2.40. The molecule has 90 valence electrons. The lowest BCUT2D eigenvalue weighted by molar-refractivity contribution is 0.485. The van der Waals surface area contributed by atoms with Gasteiger partial charge in [-0.3, -0.25) is 0 Å². The molecule has 1 aromatic heterocycles. The highest BCUT2D eigenvalue weighted by molar-refractivity contribution is 5.30. The van der Waals surface area contributed by atoms with Crippen LogP contribution in [0.2, 0.25) is 0 Å². The van der Waals surface area contributed by atoms with E-state index in [1.165, 1.54) is 0 Å². The SMILES string of the molecule is CC(C)C(N)Cc1ccn(-c2ccccc2)n1. The van der Waals surface area contributed by atoms with Gasteiger partial charge in [0.05, 0.1) is 11.4 Å². The van der Waals surface area contributed by atoms with Gasteiger partial charge in [-0.25, -0.2) is 4.68 Å². The Balaban J connectivity index is 2.12.